The van der Waals surface area contributed by atoms with Crippen LogP contribution in [0.3, 0.4) is 0 Å². The molecule has 8 nitrogen and oxygen atoms in total. The Morgan fingerprint density at radius 2 is 1.86 bits per heavy atom. The molecule has 2 aromatic carbocycles. The number of benzene rings is 2. The van der Waals surface area contributed by atoms with E-state index in [0.717, 1.165) is 12.1 Å². The van der Waals surface area contributed by atoms with E-state index in [0.29, 0.717) is 5.69 Å². The number of halogens is 3. The number of hydrogen-bond donors (Lipinski definition) is 1. The molecule has 1 N–H and O–H groups in total. The lowest BCUT2D eigenvalue weighted by atomic mass is 10.3. The zero-order chi connectivity index (χ0) is 20.3. The Labute approximate surface area is 155 Å². The van der Waals surface area contributed by atoms with Gasteiger partial charge in [-0.3, -0.25) is 14.9 Å². The molecule has 144 valence electrons. The summed E-state index contributed by atoms with van der Waals surface area (Å²) in [6, 6.07) is 11.7. The molecule has 0 aliphatic rings. The quantitative estimate of drug-likeness (QED) is 0.524. The normalized spacial score (nSPS) is 11.1. The lowest BCUT2D eigenvalue weighted by molar-refractivity contribution is -0.384. The zero-order valence-corrected chi connectivity index (χ0v) is 13.9. The molecule has 0 aliphatic heterocycles. The number of non-ortho nitro benzene ring substituents is 1. The highest BCUT2D eigenvalue weighted by atomic mass is 19.4. The second-order valence-electron chi connectivity index (χ2n) is 5.45. The first-order valence-corrected chi connectivity index (χ1v) is 7.69. The Hall–Kier alpha value is -3.89. The minimum atomic E-state index is -4.80. The van der Waals surface area contributed by atoms with E-state index in [1.807, 2.05) is 0 Å². The predicted molar refractivity (Wildman–Crippen MR) is 91.3 cm³/mol. The molecule has 3 rings (SSSR count). The van der Waals surface area contributed by atoms with Crippen LogP contribution in [0.4, 0.5) is 24.5 Å². The molecule has 1 heterocycles. The summed E-state index contributed by atoms with van der Waals surface area (Å²) in [5, 5.41) is 17.4. The van der Waals surface area contributed by atoms with Crippen LogP contribution in [-0.4, -0.2) is 27.0 Å². The van der Waals surface area contributed by atoms with E-state index in [9.17, 15) is 28.1 Å². The van der Waals surface area contributed by atoms with Crippen LogP contribution in [0.1, 0.15) is 10.5 Å². The number of alkyl halides is 3. The molecule has 28 heavy (non-hydrogen) atoms. The van der Waals surface area contributed by atoms with Crippen molar-refractivity contribution in [3.05, 3.63) is 76.6 Å². The number of rotatable bonds is 5. The lowest BCUT2D eigenvalue weighted by Crippen LogP contribution is -2.17. The Morgan fingerprint density at radius 3 is 2.50 bits per heavy atom. The van der Waals surface area contributed by atoms with E-state index in [2.05, 4.69) is 15.2 Å². The van der Waals surface area contributed by atoms with Crippen LogP contribution in [0, 0.1) is 10.1 Å². The fourth-order valence-corrected chi connectivity index (χ4v) is 2.27. The maximum Gasteiger partial charge on any atom is 0.573 e. The summed E-state index contributed by atoms with van der Waals surface area (Å²) in [6.07, 6.45) is -3.35. The van der Waals surface area contributed by atoms with Crippen LogP contribution in [-0.2, 0) is 0 Å². The van der Waals surface area contributed by atoms with Crippen molar-refractivity contribution in [2.45, 2.75) is 6.36 Å². The molecule has 0 fully saturated rings. The van der Waals surface area contributed by atoms with Crippen molar-refractivity contribution in [2.24, 2.45) is 0 Å². The summed E-state index contributed by atoms with van der Waals surface area (Å²) in [7, 11) is 0. The summed E-state index contributed by atoms with van der Waals surface area (Å²) in [4.78, 5) is 22.5. The number of aromatic nitrogens is 2. The summed E-state index contributed by atoms with van der Waals surface area (Å²) in [5.74, 6) is -1.02. The monoisotopic (exact) mass is 392 g/mol. The Kier molecular flexibility index (Phi) is 4.98. The molecular weight excluding hydrogens is 381 g/mol. The van der Waals surface area contributed by atoms with Gasteiger partial charge in [0.1, 0.15) is 5.75 Å². The van der Waals surface area contributed by atoms with E-state index in [-0.39, 0.29) is 17.1 Å². The minimum Gasteiger partial charge on any atom is -0.406 e. The second-order valence-corrected chi connectivity index (χ2v) is 5.45. The minimum absolute atomic E-state index is 0.0159. The van der Waals surface area contributed by atoms with Gasteiger partial charge in [0.05, 0.1) is 10.6 Å². The van der Waals surface area contributed by atoms with Crippen molar-refractivity contribution < 1.29 is 27.6 Å². The van der Waals surface area contributed by atoms with E-state index >= 15 is 0 Å². The third-order valence-corrected chi connectivity index (χ3v) is 3.47. The number of anilines is 1. The number of nitrogens with one attached hydrogen (secondary N) is 1. The van der Waals surface area contributed by atoms with E-state index in [1.54, 1.807) is 6.07 Å². The molecule has 0 bridgehead atoms. The highest BCUT2D eigenvalue weighted by molar-refractivity contribution is 6.02. The van der Waals surface area contributed by atoms with E-state index in [1.165, 1.54) is 47.3 Å². The SMILES string of the molecule is O=C(Nc1ccc(OC(F)(F)F)cc1)c1ccn(-c2cccc([N+](=O)[O-])c2)n1. The second kappa shape index (κ2) is 7.39. The highest BCUT2D eigenvalue weighted by Crippen LogP contribution is 2.24. The van der Waals surface area contributed by atoms with Crippen molar-refractivity contribution in [2.75, 3.05) is 5.32 Å². The Morgan fingerprint density at radius 1 is 1.14 bits per heavy atom. The summed E-state index contributed by atoms with van der Waals surface area (Å²) >= 11 is 0. The van der Waals surface area contributed by atoms with Crippen molar-refractivity contribution in [3.8, 4) is 11.4 Å². The van der Waals surface area contributed by atoms with Gasteiger partial charge in [-0.05, 0) is 36.4 Å². The van der Waals surface area contributed by atoms with Crippen LogP contribution in [0.15, 0.2) is 60.8 Å². The Balaban J connectivity index is 1.71. The summed E-state index contributed by atoms with van der Waals surface area (Å²) in [6.45, 7) is 0. The molecule has 3 aromatic rings. The first-order chi connectivity index (χ1) is 13.2. The van der Waals surface area contributed by atoms with E-state index in [4.69, 9.17) is 0 Å². The molecular formula is C17H11F3N4O4. The van der Waals surface area contributed by atoms with Gasteiger partial charge in [-0.25, -0.2) is 4.68 Å². The number of nitro groups is 1. The van der Waals surface area contributed by atoms with Gasteiger partial charge in [0.2, 0.25) is 0 Å². The third-order valence-electron chi connectivity index (χ3n) is 3.47. The molecule has 0 aliphatic carbocycles. The van der Waals surface area contributed by atoms with Gasteiger partial charge in [0.15, 0.2) is 5.69 Å². The fraction of sp³-hybridized carbons (Fsp3) is 0.0588. The molecule has 1 amide bonds. The summed E-state index contributed by atoms with van der Waals surface area (Å²) < 4.78 is 41.5. The highest BCUT2D eigenvalue weighted by Gasteiger charge is 2.31. The smallest absolute Gasteiger partial charge is 0.406 e. The first-order valence-electron chi connectivity index (χ1n) is 7.69. The molecule has 0 saturated carbocycles. The van der Waals surface area contributed by atoms with Gasteiger partial charge in [-0.15, -0.1) is 13.2 Å². The topological polar surface area (TPSA) is 99.3 Å². The largest absolute Gasteiger partial charge is 0.573 e. The predicted octanol–water partition coefficient (Wildman–Crippen LogP) is 3.93. The number of hydrogen-bond acceptors (Lipinski definition) is 5. The number of nitro benzene ring substituents is 1. The van der Waals surface area contributed by atoms with Gasteiger partial charge < -0.3 is 10.1 Å². The maximum atomic E-state index is 12.2. The van der Waals surface area contributed by atoms with Crippen molar-refractivity contribution in [1.82, 2.24) is 9.78 Å². The van der Waals surface area contributed by atoms with Crippen molar-refractivity contribution in [1.29, 1.82) is 0 Å². The Bertz CT molecular complexity index is 1020. The number of carbonyl (C=O) groups excluding carboxylic acids is 1. The maximum absolute atomic E-state index is 12.2. The van der Waals surface area contributed by atoms with E-state index < -0.39 is 22.9 Å². The first kappa shape index (κ1) is 18.9. The number of amides is 1. The van der Waals surface area contributed by atoms with Crippen molar-refractivity contribution in [3.63, 3.8) is 0 Å². The molecule has 1 aromatic heterocycles. The summed E-state index contributed by atoms with van der Waals surface area (Å²) in [5.41, 5.74) is 0.522. The van der Waals surface area contributed by atoms with Gasteiger partial charge in [0.25, 0.3) is 11.6 Å². The zero-order valence-electron chi connectivity index (χ0n) is 13.9. The van der Waals surface area contributed by atoms with Crippen LogP contribution >= 0.6 is 0 Å². The molecule has 11 heteroatoms. The fourth-order valence-electron chi connectivity index (χ4n) is 2.27. The lowest BCUT2D eigenvalue weighted by Gasteiger charge is -2.09. The van der Waals surface area contributed by atoms with Gasteiger partial charge >= 0.3 is 6.36 Å². The average molecular weight is 392 g/mol. The van der Waals surface area contributed by atoms with Gasteiger partial charge in [-0.2, -0.15) is 5.10 Å². The van der Waals surface area contributed by atoms with Gasteiger partial charge in [0, 0.05) is 24.0 Å². The number of nitrogens with zero attached hydrogens (tertiary/aromatic N) is 3. The molecule has 0 radical (unpaired) electrons. The van der Waals surface area contributed by atoms with Crippen LogP contribution in [0.5, 0.6) is 5.75 Å². The van der Waals surface area contributed by atoms with Crippen LogP contribution < -0.4 is 10.1 Å². The molecule has 0 unspecified atom stereocenters. The number of ether oxygens (including phenoxy) is 1. The van der Waals surface area contributed by atoms with Crippen molar-refractivity contribution >= 4 is 17.3 Å². The standard InChI is InChI=1S/C17H11F3N4O4/c18-17(19,20)28-14-6-4-11(5-7-14)21-16(25)15-8-9-23(22-15)12-2-1-3-13(10-12)24(26)27/h1-10H,(H,21,25). The molecule has 0 saturated heterocycles. The third kappa shape index (κ3) is 4.63. The van der Waals surface area contributed by atoms with Crippen LogP contribution in [0.25, 0.3) is 5.69 Å². The average Bonchev–Trinajstić information content (AvgIpc) is 3.12. The number of carbonyl (C=O) groups is 1. The molecule has 0 spiro atoms. The van der Waals surface area contributed by atoms with Crippen LogP contribution in [0.2, 0.25) is 0 Å². The molecule has 0 atom stereocenters. The van der Waals surface area contributed by atoms with Gasteiger partial charge in [-0.1, -0.05) is 6.07 Å².